The van der Waals surface area contributed by atoms with Gasteiger partial charge in [-0.2, -0.15) is 0 Å². The third-order valence-corrected chi connectivity index (χ3v) is 5.52. The van der Waals surface area contributed by atoms with Crippen LogP contribution in [0.5, 0.6) is 0 Å². The van der Waals surface area contributed by atoms with E-state index in [0.717, 1.165) is 6.26 Å². The van der Waals surface area contributed by atoms with E-state index in [1.54, 1.807) is 0 Å². The Bertz CT molecular complexity index is 454. The minimum absolute atomic E-state index is 0.133. The molecule has 0 aromatic heterocycles. The highest BCUT2D eigenvalue weighted by Crippen LogP contribution is 2.26. The summed E-state index contributed by atoms with van der Waals surface area (Å²) in [5.74, 6) is -1.48. The summed E-state index contributed by atoms with van der Waals surface area (Å²) < 4.78 is 21.7. The van der Waals surface area contributed by atoms with Crippen LogP contribution in [0.15, 0.2) is 0 Å². The molecule has 0 aliphatic carbocycles. The summed E-state index contributed by atoms with van der Waals surface area (Å²) in [6.45, 7) is 3.15. The van der Waals surface area contributed by atoms with E-state index in [1.807, 2.05) is 0 Å². The maximum absolute atomic E-state index is 12.3. The van der Waals surface area contributed by atoms with E-state index in [-0.39, 0.29) is 6.42 Å². The zero-order valence-corrected chi connectivity index (χ0v) is 11.7. The molecule has 0 saturated carbocycles. The highest BCUT2D eigenvalue weighted by Gasteiger charge is 2.44. The normalized spacial score (nSPS) is 21.1. The summed E-state index contributed by atoms with van der Waals surface area (Å²) >= 11 is 0. The molecule has 0 spiro atoms. The van der Waals surface area contributed by atoms with Crippen LogP contribution in [0.4, 0.5) is 0 Å². The molecule has 0 radical (unpaired) electrons. The van der Waals surface area contributed by atoms with Crippen molar-refractivity contribution in [3.63, 3.8) is 0 Å². The predicted octanol–water partition coefficient (Wildman–Crippen LogP) is 0.275. The number of hydrogen-bond donors (Lipinski definition) is 1. The van der Waals surface area contributed by atoms with Crippen LogP contribution in [-0.4, -0.2) is 53.9 Å². The van der Waals surface area contributed by atoms with Crippen LogP contribution in [0.2, 0.25) is 0 Å². The minimum atomic E-state index is -3.53. The molecule has 1 saturated heterocycles. The number of rotatable bonds is 4. The smallest absolute Gasteiger partial charge is 0.305 e. The molecule has 1 heterocycles. The summed E-state index contributed by atoms with van der Waals surface area (Å²) in [6, 6.07) is -0.393. The molecular weight excluding hydrogens is 258 g/mol. The van der Waals surface area contributed by atoms with Crippen molar-refractivity contribution in [2.24, 2.45) is 0 Å². The summed E-state index contributed by atoms with van der Waals surface area (Å²) in [5.41, 5.74) is 0. The van der Waals surface area contributed by atoms with Gasteiger partial charge in [-0.1, -0.05) is 0 Å². The van der Waals surface area contributed by atoms with Gasteiger partial charge in [-0.15, -0.1) is 0 Å². The Hall–Kier alpha value is -1.11. The minimum Gasteiger partial charge on any atom is -0.481 e. The van der Waals surface area contributed by atoms with Gasteiger partial charge in [0.05, 0.1) is 6.42 Å². The quantitative estimate of drug-likeness (QED) is 0.796. The molecule has 1 rings (SSSR count). The molecule has 0 aromatic rings. The molecule has 1 N–H and O–H groups in total. The van der Waals surface area contributed by atoms with Gasteiger partial charge < -0.3 is 10.0 Å². The molecule has 1 fully saturated rings. The first-order valence-electron chi connectivity index (χ1n) is 5.80. The Morgan fingerprint density at radius 2 is 1.94 bits per heavy atom. The molecular formula is C11H19NO5S. The first-order chi connectivity index (χ1) is 8.07. The van der Waals surface area contributed by atoms with Crippen molar-refractivity contribution < 1.29 is 23.1 Å². The van der Waals surface area contributed by atoms with Crippen LogP contribution in [0, 0.1) is 0 Å². The Kier molecular flexibility index (Phi) is 4.05. The Balaban J connectivity index is 2.93. The highest BCUT2D eigenvalue weighted by molar-refractivity contribution is 7.92. The molecule has 1 unspecified atom stereocenters. The van der Waals surface area contributed by atoms with Crippen molar-refractivity contribution in [2.45, 2.75) is 43.9 Å². The number of sulfone groups is 1. The molecule has 1 amide bonds. The number of nitrogens with zero attached hydrogens (tertiary/aromatic N) is 1. The maximum Gasteiger partial charge on any atom is 0.305 e. The van der Waals surface area contributed by atoms with Gasteiger partial charge >= 0.3 is 5.97 Å². The van der Waals surface area contributed by atoms with Crippen molar-refractivity contribution in [3.8, 4) is 0 Å². The standard InChI is InChI=1S/C11H19NO5S/c1-11(2,18(3,16)17)10(15)12-6-4-5-8(12)7-9(13)14/h8H,4-7H2,1-3H3,(H,13,14). The fourth-order valence-corrected chi connectivity index (χ4v) is 2.46. The molecule has 104 valence electrons. The number of carboxylic acid groups (broad SMARTS) is 1. The third-order valence-electron chi connectivity index (χ3n) is 3.49. The average molecular weight is 277 g/mol. The van der Waals surface area contributed by atoms with Gasteiger partial charge in [0.25, 0.3) is 0 Å². The number of carbonyl (C=O) groups is 2. The lowest BCUT2D eigenvalue weighted by molar-refractivity contribution is -0.140. The summed E-state index contributed by atoms with van der Waals surface area (Å²) in [6.07, 6.45) is 2.21. The summed E-state index contributed by atoms with van der Waals surface area (Å²) in [7, 11) is -3.53. The average Bonchev–Trinajstić information content (AvgIpc) is 2.61. The van der Waals surface area contributed by atoms with Crippen LogP contribution in [0.3, 0.4) is 0 Å². The maximum atomic E-state index is 12.3. The second kappa shape index (κ2) is 4.87. The van der Waals surface area contributed by atoms with Crippen LogP contribution in [0.25, 0.3) is 0 Å². The Morgan fingerprint density at radius 3 is 2.39 bits per heavy atom. The summed E-state index contributed by atoms with van der Waals surface area (Å²) in [5, 5.41) is 8.78. The molecule has 0 aromatic carbocycles. The van der Waals surface area contributed by atoms with E-state index in [0.29, 0.717) is 19.4 Å². The van der Waals surface area contributed by atoms with Crippen LogP contribution < -0.4 is 0 Å². The van der Waals surface area contributed by atoms with E-state index in [1.165, 1.54) is 18.7 Å². The molecule has 0 bridgehead atoms. The summed E-state index contributed by atoms with van der Waals surface area (Å²) in [4.78, 5) is 24.4. The van der Waals surface area contributed by atoms with E-state index in [4.69, 9.17) is 5.11 Å². The number of aliphatic carboxylic acids is 1. The first-order valence-corrected chi connectivity index (χ1v) is 7.69. The first kappa shape index (κ1) is 14.9. The lowest BCUT2D eigenvalue weighted by Gasteiger charge is -2.31. The van der Waals surface area contributed by atoms with Crippen LogP contribution in [-0.2, 0) is 19.4 Å². The van der Waals surface area contributed by atoms with Gasteiger partial charge in [0.2, 0.25) is 5.91 Å². The largest absolute Gasteiger partial charge is 0.481 e. The molecule has 18 heavy (non-hydrogen) atoms. The molecule has 6 nitrogen and oxygen atoms in total. The van der Waals surface area contributed by atoms with Gasteiger partial charge in [-0.25, -0.2) is 8.42 Å². The van der Waals surface area contributed by atoms with E-state index in [9.17, 15) is 18.0 Å². The van der Waals surface area contributed by atoms with Gasteiger partial charge in [0.1, 0.15) is 4.75 Å². The predicted molar refractivity (Wildman–Crippen MR) is 65.9 cm³/mol. The van der Waals surface area contributed by atoms with Gasteiger partial charge in [0, 0.05) is 18.8 Å². The second-order valence-corrected chi connectivity index (χ2v) is 7.74. The SMILES string of the molecule is CC(C)(C(=O)N1CCCC1CC(=O)O)S(C)(=O)=O. The number of carbonyl (C=O) groups excluding carboxylic acids is 1. The van der Waals surface area contributed by atoms with Gasteiger partial charge in [0.15, 0.2) is 9.84 Å². The lowest BCUT2D eigenvalue weighted by Crippen LogP contribution is -2.51. The van der Waals surface area contributed by atoms with Crippen molar-refractivity contribution >= 4 is 21.7 Å². The van der Waals surface area contributed by atoms with Gasteiger partial charge in [-0.3, -0.25) is 9.59 Å². The number of amides is 1. The van der Waals surface area contributed by atoms with Crippen LogP contribution in [0.1, 0.15) is 33.1 Å². The number of hydrogen-bond acceptors (Lipinski definition) is 4. The van der Waals surface area contributed by atoms with E-state index in [2.05, 4.69) is 0 Å². The fraction of sp³-hybridized carbons (Fsp3) is 0.818. The second-order valence-electron chi connectivity index (χ2n) is 5.17. The van der Waals surface area contributed by atoms with Crippen molar-refractivity contribution in [3.05, 3.63) is 0 Å². The fourth-order valence-electron chi connectivity index (χ4n) is 2.02. The van der Waals surface area contributed by atoms with Crippen molar-refractivity contribution in [1.29, 1.82) is 0 Å². The lowest BCUT2D eigenvalue weighted by atomic mass is 10.1. The Labute approximate surface area is 107 Å². The van der Waals surface area contributed by atoms with Crippen LogP contribution >= 0.6 is 0 Å². The highest BCUT2D eigenvalue weighted by atomic mass is 32.2. The van der Waals surface area contributed by atoms with Crippen molar-refractivity contribution in [2.75, 3.05) is 12.8 Å². The zero-order valence-electron chi connectivity index (χ0n) is 10.8. The number of likely N-dealkylation sites (tertiary alicyclic amines) is 1. The number of carboxylic acids is 1. The topological polar surface area (TPSA) is 91.8 Å². The van der Waals surface area contributed by atoms with E-state index >= 15 is 0 Å². The third kappa shape index (κ3) is 2.82. The molecule has 1 aliphatic heterocycles. The molecule has 1 atom stereocenters. The monoisotopic (exact) mass is 277 g/mol. The Morgan fingerprint density at radius 1 is 1.39 bits per heavy atom. The van der Waals surface area contributed by atoms with Gasteiger partial charge in [-0.05, 0) is 26.7 Å². The molecule has 1 aliphatic rings. The molecule has 7 heteroatoms. The van der Waals surface area contributed by atoms with Crippen molar-refractivity contribution in [1.82, 2.24) is 4.90 Å². The zero-order chi connectivity index (χ0) is 14.1. The van der Waals surface area contributed by atoms with E-state index < -0.39 is 32.5 Å².